The van der Waals surface area contributed by atoms with E-state index in [1.165, 1.54) is 0 Å². The largest absolute Gasteiger partial charge is 0.355 e. The van der Waals surface area contributed by atoms with Gasteiger partial charge in [-0.15, -0.1) is 0 Å². The molecule has 0 amide bonds. The summed E-state index contributed by atoms with van der Waals surface area (Å²) in [5.41, 5.74) is 7.05. The molecule has 0 bridgehead atoms. The molecule has 0 aliphatic rings. The summed E-state index contributed by atoms with van der Waals surface area (Å²) in [5.74, 6) is 1.000. The Bertz CT molecular complexity index is 377. The van der Waals surface area contributed by atoms with Gasteiger partial charge in [0.1, 0.15) is 5.82 Å². The molecule has 0 spiro atoms. The lowest BCUT2D eigenvalue weighted by molar-refractivity contribution is 0.378. The fraction of sp³-hybridized carbons (Fsp3) is 0.615. The van der Waals surface area contributed by atoms with Crippen LogP contribution < -0.4 is 10.6 Å². The Morgan fingerprint density at radius 1 is 1.47 bits per heavy atom. The number of halogens is 1. The molecule has 0 saturated heterocycles. The van der Waals surface area contributed by atoms with E-state index in [9.17, 15) is 0 Å². The molecule has 2 N–H and O–H groups in total. The molecule has 1 rings (SSSR count). The van der Waals surface area contributed by atoms with Crippen molar-refractivity contribution in [3.05, 3.63) is 22.3 Å². The molecule has 1 aromatic heterocycles. The third-order valence-corrected chi connectivity index (χ3v) is 3.39. The van der Waals surface area contributed by atoms with E-state index in [-0.39, 0.29) is 5.41 Å². The van der Waals surface area contributed by atoms with Crippen LogP contribution >= 0.6 is 15.9 Å². The molecule has 17 heavy (non-hydrogen) atoms. The summed E-state index contributed by atoms with van der Waals surface area (Å²) in [4.78, 5) is 6.77. The van der Waals surface area contributed by atoms with Crippen LogP contribution in [0.3, 0.4) is 0 Å². The van der Waals surface area contributed by atoms with E-state index in [1.54, 1.807) is 0 Å². The van der Waals surface area contributed by atoms with Gasteiger partial charge in [0.05, 0.1) is 4.47 Å². The number of hydrogen-bond acceptors (Lipinski definition) is 3. The summed E-state index contributed by atoms with van der Waals surface area (Å²) in [6.07, 6.45) is 1.90. The Balaban J connectivity index is 2.94. The van der Waals surface area contributed by atoms with Crippen molar-refractivity contribution in [2.75, 3.05) is 24.5 Å². The maximum Gasteiger partial charge on any atom is 0.142 e. The number of aryl methyl sites for hydroxylation is 1. The van der Waals surface area contributed by atoms with E-state index in [0.29, 0.717) is 6.54 Å². The average molecular weight is 300 g/mol. The quantitative estimate of drug-likeness (QED) is 0.909. The number of nitrogens with zero attached hydrogens (tertiary/aromatic N) is 2. The van der Waals surface area contributed by atoms with E-state index >= 15 is 0 Å². The zero-order chi connectivity index (χ0) is 13.1. The molecule has 0 aliphatic heterocycles. The second-order valence-corrected chi connectivity index (χ2v) is 6.05. The molecule has 1 aromatic rings. The van der Waals surface area contributed by atoms with Crippen LogP contribution in [-0.4, -0.2) is 24.6 Å². The van der Waals surface area contributed by atoms with Gasteiger partial charge in [0, 0.05) is 19.3 Å². The van der Waals surface area contributed by atoms with Crippen LogP contribution in [0.4, 0.5) is 5.82 Å². The summed E-state index contributed by atoms with van der Waals surface area (Å²) in [5, 5.41) is 0. The third kappa shape index (κ3) is 3.96. The van der Waals surface area contributed by atoms with Gasteiger partial charge in [-0.2, -0.15) is 0 Å². The Morgan fingerprint density at radius 2 is 2.12 bits per heavy atom. The lowest BCUT2D eigenvalue weighted by atomic mass is 9.93. The van der Waals surface area contributed by atoms with Crippen LogP contribution in [0.25, 0.3) is 0 Å². The third-order valence-electron chi connectivity index (χ3n) is 2.81. The first-order chi connectivity index (χ1) is 7.89. The summed E-state index contributed by atoms with van der Waals surface area (Å²) in [7, 11) is 0. The van der Waals surface area contributed by atoms with Crippen molar-refractivity contribution < 1.29 is 0 Å². The second kappa shape index (κ2) is 5.83. The minimum Gasteiger partial charge on any atom is -0.355 e. The Labute approximate surface area is 113 Å². The van der Waals surface area contributed by atoms with Gasteiger partial charge in [0.15, 0.2) is 0 Å². The van der Waals surface area contributed by atoms with E-state index < -0.39 is 0 Å². The number of aromatic nitrogens is 1. The fourth-order valence-corrected chi connectivity index (χ4v) is 2.39. The van der Waals surface area contributed by atoms with E-state index in [2.05, 4.69) is 52.7 Å². The van der Waals surface area contributed by atoms with Gasteiger partial charge < -0.3 is 10.6 Å². The molecule has 96 valence electrons. The predicted molar refractivity (Wildman–Crippen MR) is 77.4 cm³/mol. The standard InChI is InChI=1S/C13H22BrN3/c1-5-17(9-13(3,4)8-15)12-11(14)6-10(2)7-16-12/h6-7H,5,8-9,15H2,1-4H3. The molecular formula is C13H22BrN3. The Hall–Kier alpha value is -0.610. The summed E-state index contributed by atoms with van der Waals surface area (Å²) in [6.45, 7) is 11.1. The van der Waals surface area contributed by atoms with Crippen LogP contribution in [0, 0.1) is 12.3 Å². The SMILES string of the molecule is CCN(CC(C)(C)CN)c1ncc(C)cc1Br. The van der Waals surface area contributed by atoms with Gasteiger partial charge in [0.2, 0.25) is 0 Å². The molecular weight excluding hydrogens is 278 g/mol. The first-order valence-corrected chi connectivity index (χ1v) is 6.76. The highest BCUT2D eigenvalue weighted by Crippen LogP contribution is 2.27. The molecule has 0 saturated carbocycles. The van der Waals surface area contributed by atoms with Crippen molar-refractivity contribution in [2.45, 2.75) is 27.7 Å². The van der Waals surface area contributed by atoms with Gasteiger partial charge in [-0.1, -0.05) is 13.8 Å². The van der Waals surface area contributed by atoms with Gasteiger partial charge in [-0.3, -0.25) is 0 Å². The average Bonchev–Trinajstić information content (AvgIpc) is 2.26. The van der Waals surface area contributed by atoms with Crippen LogP contribution in [0.15, 0.2) is 16.7 Å². The van der Waals surface area contributed by atoms with Crippen molar-refractivity contribution in [3.63, 3.8) is 0 Å². The smallest absolute Gasteiger partial charge is 0.142 e. The molecule has 0 aromatic carbocycles. The van der Waals surface area contributed by atoms with Gasteiger partial charge >= 0.3 is 0 Å². The van der Waals surface area contributed by atoms with E-state index in [0.717, 1.165) is 28.9 Å². The molecule has 0 aliphatic carbocycles. The second-order valence-electron chi connectivity index (χ2n) is 5.20. The van der Waals surface area contributed by atoms with E-state index in [1.807, 2.05) is 13.1 Å². The Morgan fingerprint density at radius 3 is 2.59 bits per heavy atom. The van der Waals surface area contributed by atoms with Crippen molar-refractivity contribution >= 4 is 21.7 Å². The lowest BCUT2D eigenvalue weighted by Crippen LogP contribution is -2.39. The topological polar surface area (TPSA) is 42.1 Å². The highest BCUT2D eigenvalue weighted by Gasteiger charge is 2.21. The molecule has 0 radical (unpaired) electrons. The van der Waals surface area contributed by atoms with Gasteiger partial charge in [0.25, 0.3) is 0 Å². The number of pyridine rings is 1. The lowest BCUT2D eigenvalue weighted by Gasteiger charge is -2.32. The predicted octanol–water partition coefficient (Wildman–Crippen LogP) is 2.96. The van der Waals surface area contributed by atoms with Crippen LogP contribution in [0.5, 0.6) is 0 Å². The molecule has 0 atom stereocenters. The molecule has 0 unspecified atom stereocenters. The van der Waals surface area contributed by atoms with Crippen LogP contribution in [0.2, 0.25) is 0 Å². The molecule has 3 nitrogen and oxygen atoms in total. The molecule has 1 heterocycles. The minimum absolute atomic E-state index is 0.0992. The van der Waals surface area contributed by atoms with Gasteiger partial charge in [-0.25, -0.2) is 4.98 Å². The van der Waals surface area contributed by atoms with Crippen molar-refractivity contribution in [1.82, 2.24) is 4.98 Å². The zero-order valence-corrected chi connectivity index (χ0v) is 12.7. The minimum atomic E-state index is 0.0992. The monoisotopic (exact) mass is 299 g/mol. The van der Waals surface area contributed by atoms with Crippen LogP contribution in [-0.2, 0) is 0 Å². The number of nitrogens with two attached hydrogens (primary N) is 1. The normalized spacial score (nSPS) is 11.6. The first-order valence-electron chi connectivity index (χ1n) is 5.97. The summed E-state index contributed by atoms with van der Waals surface area (Å²) >= 11 is 3.58. The maximum atomic E-state index is 5.79. The summed E-state index contributed by atoms with van der Waals surface area (Å²) in [6, 6.07) is 2.10. The zero-order valence-electron chi connectivity index (χ0n) is 11.1. The number of anilines is 1. The first kappa shape index (κ1) is 14.5. The van der Waals surface area contributed by atoms with Crippen molar-refractivity contribution in [1.29, 1.82) is 0 Å². The fourth-order valence-electron chi connectivity index (χ4n) is 1.68. The number of hydrogen-bond donors (Lipinski definition) is 1. The van der Waals surface area contributed by atoms with Gasteiger partial charge in [-0.05, 0) is 53.4 Å². The van der Waals surface area contributed by atoms with Crippen molar-refractivity contribution in [2.24, 2.45) is 11.1 Å². The maximum absolute atomic E-state index is 5.79. The molecule has 0 fully saturated rings. The molecule has 4 heteroatoms. The van der Waals surface area contributed by atoms with Crippen LogP contribution in [0.1, 0.15) is 26.3 Å². The number of rotatable bonds is 5. The van der Waals surface area contributed by atoms with Crippen molar-refractivity contribution in [3.8, 4) is 0 Å². The highest BCUT2D eigenvalue weighted by atomic mass is 79.9. The highest BCUT2D eigenvalue weighted by molar-refractivity contribution is 9.10. The Kier molecular flexibility index (Phi) is 4.95. The summed E-state index contributed by atoms with van der Waals surface area (Å²) < 4.78 is 1.05. The van der Waals surface area contributed by atoms with E-state index in [4.69, 9.17) is 5.73 Å².